The molecule has 0 unspecified atom stereocenters. The van der Waals surface area contributed by atoms with Crippen LogP contribution < -0.4 is 4.90 Å². The first-order chi connectivity index (χ1) is 10.6. The quantitative estimate of drug-likeness (QED) is 0.842. The largest absolute Gasteiger partial charge is 0.327 e. The van der Waals surface area contributed by atoms with E-state index in [0.717, 1.165) is 12.8 Å². The molecule has 0 aromatic heterocycles. The molecule has 2 aliphatic heterocycles. The van der Waals surface area contributed by atoms with Gasteiger partial charge in [-0.1, -0.05) is 19.1 Å². The zero-order valence-electron chi connectivity index (χ0n) is 12.7. The highest BCUT2D eigenvalue weighted by Crippen LogP contribution is 2.32. The van der Waals surface area contributed by atoms with Crippen LogP contribution in [0.1, 0.15) is 49.4 Å². The average molecular weight is 300 g/mol. The molecule has 2 aliphatic rings. The van der Waals surface area contributed by atoms with Crippen LogP contribution in [0.4, 0.5) is 5.69 Å². The van der Waals surface area contributed by atoms with E-state index in [0.29, 0.717) is 37.1 Å². The molecule has 1 saturated heterocycles. The van der Waals surface area contributed by atoms with Crippen LogP contribution in [0, 0.1) is 0 Å². The fourth-order valence-electron chi connectivity index (χ4n) is 3.29. The minimum atomic E-state index is -0.505. The standard InChI is InChI=1S/C17H20N2O3/c1-2-7-15(20)19-13-9-4-3-8-12(13)16(21)18-11-6-5-10-14(18)17(19)22/h3-4,8-9,14H,2,5-7,10-11H2,1H3/t14-/m1/s1. The molecule has 22 heavy (non-hydrogen) atoms. The third kappa shape index (κ3) is 2.30. The summed E-state index contributed by atoms with van der Waals surface area (Å²) in [5, 5.41) is 0. The maximum Gasteiger partial charge on any atom is 0.256 e. The third-order valence-electron chi connectivity index (χ3n) is 4.36. The molecule has 3 amide bonds. The van der Waals surface area contributed by atoms with Crippen LogP contribution >= 0.6 is 0 Å². The number of anilines is 1. The lowest BCUT2D eigenvalue weighted by atomic mass is 10.0. The number of fused-ring (bicyclic) bond motifs is 2. The van der Waals surface area contributed by atoms with Gasteiger partial charge in [0.15, 0.2) is 0 Å². The monoisotopic (exact) mass is 300 g/mol. The van der Waals surface area contributed by atoms with Crippen LogP contribution in [0.3, 0.4) is 0 Å². The van der Waals surface area contributed by atoms with E-state index in [1.54, 1.807) is 29.2 Å². The summed E-state index contributed by atoms with van der Waals surface area (Å²) < 4.78 is 0. The first-order valence-electron chi connectivity index (χ1n) is 7.92. The Morgan fingerprint density at radius 3 is 2.77 bits per heavy atom. The lowest BCUT2D eigenvalue weighted by molar-refractivity contribution is -0.129. The predicted octanol–water partition coefficient (Wildman–Crippen LogP) is 2.35. The number of rotatable bonds is 2. The maximum atomic E-state index is 12.9. The van der Waals surface area contributed by atoms with Crippen LogP contribution in [0.5, 0.6) is 0 Å². The molecule has 1 fully saturated rings. The molecule has 2 heterocycles. The van der Waals surface area contributed by atoms with Crippen molar-refractivity contribution in [2.45, 2.75) is 45.1 Å². The van der Waals surface area contributed by atoms with Crippen molar-refractivity contribution in [2.24, 2.45) is 0 Å². The Kier molecular flexibility index (Phi) is 3.96. The van der Waals surface area contributed by atoms with Gasteiger partial charge in [0.1, 0.15) is 6.04 Å². The van der Waals surface area contributed by atoms with Gasteiger partial charge in [-0.25, -0.2) is 4.90 Å². The van der Waals surface area contributed by atoms with Gasteiger partial charge in [0.25, 0.3) is 11.8 Å². The third-order valence-corrected chi connectivity index (χ3v) is 4.36. The minimum Gasteiger partial charge on any atom is -0.327 e. The lowest BCUT2D eigenvalue weighted by Crippen LogP contribution is -2.52. The highest BCUT2D eigenvalue weighted by molar-refractivity contribution is 6.22. The smallest absolute Gasteiger partial charge is 0.256 e. The lowest BCUT2D eigenvalue weighted by Gasteiger charge is -2.34. The SMILES string of the molecule is CCCC(=O)N1C(=O)[C@H]2CCCCN2C(=O)c2ccccc21. The van der Waals surface area contributed by atoms with Crippen molar-refractivity contribution in [3.63, 3.8) is 0 Å². The van der Waals surface area contributed by atoms with E-state index in [4.69, 9.17) is 0 Å². The van der Waals surface area contributed by atoms with Crippen molar-refractivity contribution in [3.8, 4) is 0 Å². The number of amides is 3. The molecule has 5 heteroatoms. The normalized spacial score (nSPS) is 21.2. The van der Waals surface area contributed by atoms with Crippen molar-refractivity contribution < 1.29 is 14.4 Å². The van der Waals surface area contributed by atoms with Gasteiger partial charge in [0, 0.05) is 13.0 Å². The van der Waals surface area contributed by atoms with Gasteiger partial charge in [0.05, 0.1) is 11.3 Å². The minimum absolute atomic E-state index is 0.138. The van der Waals surface area contributed by atoms with E-state index in [2.05, 4.69) is 0 Å². The molecule has 0 bridgehead atoms. The van der Waals surface area contributed by atoms with E-state index in [-0.39, 0.29) is 17.7 Å². The van der Waals surface area contributed by atoms with Crippen LogP contribution in [0.15, 0.2) is 24.3 Å². The summed E-state index contributed by atoms with van der Waals surface area (Å²) in [7, 11) is 0. The molecule has 116 valence electrons. The number of hydrogen-bond acceptors (Lipinski definition) is 3. The highest BCUT2D eigenvalue weighted by Gasteiger charge is 2.42. The van der Waals surface area contributed by atoms with E-state index in [1.165, 1.54) is 4.90 Å². The molecule has 0 radical (unpaired) electrons. The number of benzene rings is 1. The molecule has 1 aromatic rings. The van der Waals surface area contributed by atoms with Crippen molar-refractivity contribution in [1.29, 1.82) is 0 Å². The topological polar surface area (TPSA) is 57.7 Å². The zero-order valence-corrected chi connectivity index (χ0v) is 12.7. The van der Waals surface area contributed by atoms with Gasteiger partial charge < -0.3 is 4.90 Å². The van der Waals surface area contributed by atoms with Gasteiger partial charge >= 0.3 is 0 Å². The summed E-state index contributed by atoms with van der Waals surface area (Å²) in [6, 6.07) is 6.42. The molecule has 0 spiro atoms. The number of piperidine rings is 1. The maximum absolute atomic E-state index is 12.9. The number of carbonyl (C=O) groups excluding carboxylic acids is 3. The first-order valence-corrected chi connectivity index (χ1v) is 7.92. The molecule has 1 aromatic carbocycles. The highest BCUT2D eigenvalue weighted by atomic mass is 16.2. The zero-order chi connectivity index (χ0) is 15.7. The summed E-state index contributed by atoms with van der Waals surface area (Å²) in [6.45, 7) is 2.49. The molecular formula is C17H20N2O3. The van der Waals surface area contributed by atoms with E-state index in [1.807, 2.05) is 6.92 Å². The van der Waals surface area contributed by atoms with Crippen LogP contribution in [0.2, 0.25) is 0 Å². The number of imide groups is 1. The Morgan fingerprint density at radius 2 is 2.00 bits per heavy atom. The fraction of sp³-hybridized carbons (Fsp3) is 0.471. The van der Waals surface area contributed by atoms with Crippen LogP contribution in [0.25, 0.3) is 0 Å². The molecule has 0 aliphatic carbocycles. The summed E-state index contributed by atoms with van der Waals surface area (Å²) in [5.41, 5.74) is 0.884. The second-order valence-corrected chi connectivity index (χ2v) is 5.84. The molecular weight excluding hydrogens is 280 g/mol. The summed E-state index contributed by atoms with van der Waals surface area (Å²) in [6.07, 6.45) is 3.43. The number of nitrogens with zero attached hydrogens (tertiary/aromatic N) is 2. The molecule has 5 nitrogen and oxygen atoms in total. The van der Waals surface area contributed by atoms with Crippen LogP contribution in [-0.4, -0.2) is 35.2 Å². The van der Waals surface area contributed by atoms with Gasteiger partial charge in [-0.3, -0.25) is 14.4 Å². The fourth-order valence-corrected chi connectivity index (χ4v) is 3.29. The van der Waals surface area contributed by atoms with Gasteiger partial charge in [0.2, 0.25) is 5.91 Å². The molecule has 0 N–H and O–H groups in total. The Bertz CT molecular complexity index is 626. The van der Waals surface area contributed by atoms with Gasteiger partial charge in [-0.05, 0) is 37.8 Å². The molecule has 0 saturated carbocycles. The second-order valence-electron chi connectivity index (χ2n) is 5.84. The summed E-state index contributed by atoms with van der Waals surface area (Å²) >= 11 is 0. The van der Waals surface area contributed by atoms with Crippen LogP contribution in [-0.2, 0) is 9.59 Å². The van der Waals surface area contributed by atoms with Gasteiger partial charge in [-0.15, -0.1) is 0 Å². The van der Waals surface area contributed by atoms with Crippen molar-refractivity contribution in [1.82, 2.24) is 4.90 Å². The average Bonchev–Trinajstić information content (AvgIpc) is 2.63. The van der Waals surface area contributed by atoms with Crippen molar-refractivity contribution in [2.75, 3.05) is 11.4 Å². The Morgan fingerprint density at radius 1 is 1.23 bits per heavy atom. The number of hydrogen-bond donors (Lipinski definition) is 0. The Hall–Kier alpha value is -2.17. The Balaban J connectivity index is 2.12. The van der Waals surface area contributed by atoms with Gasteiger partial charge in [-0.2, -0.15) is 0 Å². The number of para-hydroxylation sites is 1. The van der Waals surface area contributed by atoms with Crippen molar-refractivity contribution in [3.05, 3.63) is 29.8 Å². The predicted molar refractivity (Wildman–Crippen MR) is 82.5 cm³/mol. The number of carbonyl (C=O) groups is 3. The summed E-state index contributed by atoms with van der Waals surface area (Å²) in [4.78, 5) is 41.1. The van der Waals surface area contributed by atoms with E-state index >= 15 is 0 Å². The molecule has 1 atom stereocenters. The Labute approximate surface area is 129 Å². The second kappa shape index (κ2) is 5.91. The summed E-state index contributed by atoms with van der Waals surface area (Å²) in [5.74, 6) is -0.614. The first kappa shape index (κ1) is 14.8. The van der Waals surface area contributed by atoms with E-state index < -0.39 is 6.04 Å². The van der Waals surface area contributed by atoms with E-state index in [9.17, 15) is 14.4 Å². The molecule has 3 rings (SSSR count). The van der Waals surface area contributed by atoms with Crippen molar-refractivity contribution >= 4 is 23.4 Å².